The minimum absolute atomic E-state index is 0.0615. The van der Waals surface area contributed by atoms with Crippen LogP contribution in [-0.4, -0.2) is 18.0 Å². The van der Waals surface area contributed by atoms with Crippen molar-refractivity contribution in [3.05, 3.63) is 53.1 Å². The monoisotopic (exact) mass is 341 g/mol. The van der Waals surface area contributed by atoms with E-state index in [1.165, 1.54) is 11.1 Å². The molecule has 0 unspecified atom stereocenters. The number of benzene rings is 1. The first-order chi connectivity index (χ1) is 11.9. The molecule has 0 bridgehead atoms. The summed E-state index contributed by atoms with van der Waals surface area (Å²) >= 11 is 0. The second-order valence-corrected chi connectivity index (χ2v) is 6.03. The first kappa shape index (κ1) is 20.4. The molecular formula is C20H27N3O2. The number of carbonyl (C=O) groups is 2. The summed E-state index contributed by atoms with van der Waals surface area (Å²) in [4.78, 5) is 23.3. The average Bonchev–Trinajstić information content (AvgIpc) is 2.58. The van der Waals surface area contributed by atoms with Crippen LogP contribution in [0.2, 0.25) is 0 Å². The lowest BCUT2D eigenvalue weighted by molar-refractivity contribution is -0.115. The number of nitrogens with zero attached hydrogens (tertiary/aromatic N) is 1. The van der Waals surface area contributed by atoms with E-state index in [2.05, 4.69) is 35.8 Å². The molecule has 0 aliphatic heterocycles. The van der Waals surface area contributed by atoms with E-state index in [0.29, 0.717) is 17.7 Å². The molecule has 5 nitrogen and oxygen atoms in total. The third kappa shape index (κ3) is 8.65. The minimum atomic E-state index is -0.291. The highest BCUT2D eigenvalue weighted by atomic mass is 16.2. The topological polar surface area (TPSA) is 70.6 Å². The maximum Gasteiger partial charge on any atom is 0.271 e. The second kappa shape index (κ2) is 11.0. The summed E-state index contributed by atoms with van der Waals surface area (Å²) in [6.07, 6.45) is 8.07. The predicted molar refractivity (Wildman–Crippen MR) is 104 cm³/mol. The first-order valence-electron chi connectivity index (χ1n) is 8.44. The van der Waals surface area contributed by atoms with Crippen molar-refractivity contribution in [1.29, 1.82) is 0 Å². The summed E-state index contributed by atoms with van der Waals surface area (Å²) in [6, 6.07) is 6.69. The third-order valence-corrected chi connectivity index (χ3v) is 3.44. The highest BCUT2D eigenvalue weighted by Crippen LogP contribution is 2.10. The van der Waals surface area contributed by atoms with Crippen LogP contribution in [0.1, 0.15) is 57.3 Å². The van der Waals surface area contributed by atoms with Gasteiger partial charge in [0.2, 0.25) is 5.91 Å². The van der Waals surface area contributed by atoms with Crippen molar-refractivity contribution >= 4 is 23.7 Å². The Morgan fingerprint density at radius 1 is 1.12 bits per heavy atom. The van der Waals surface area contributed by atoms with Gasteiger partial charge in [-0.05, 0) is 64.0 Å². The van der Waals surface area contributed by atoms with Gasteiger partial charge in [0, 0.05) is 23.9 Å². The normalized spacial score (nSPS) is 11.3. The van der Waals surface area contributed by atoms with Gasteiger partial charge in [0.1, 0.15) is 0 Å². The van der Waals surface area contributed by atoms with Crippen LogP contribution in [-0.2, 0) is 4.79 Å². The van der Waals surface area contributed by atoms with Crippen LogP contribution >= 0.6 is 0 Å². The number of hydrogen-bond donors (Lipinski definition) is 2. The van der Waals surface area contributed by atoms with Gasteiger partial charge in [0.25, 0.3) is 5.91 Å². The van der Waals surface area contributed by atoms with Crippen molar-refractivity contribution in [3.63, 3.8) is 0 Å². The number of rotatable bonds is 8. The second-order valence-electron chi connectivity index (χ2n) is 6.03. The summed E-state index contributed by atoms with van der Waals surface area (Å²) in [5.74, 6) is -0.353. The van der Waals surface area contributed by atoms with Crippen molar-refractivity contribution in [3.8, 4) is 0 Å². The average molecular weight is 341 g/mol. The van der Waals surface area contributed by atoms with Crippen molar-refractivity contribution < 1.29 is 9.59 Å². The third-order valence-electron chi connectivity index (χ3n) is 3.44. The molecule has 1 rings (SSSR count). The number of amides is 2. The Balaban J connectivity index is 2.48. The van der Waals surface area contributed by atoms with Gasteiger partial charge in [-0.25, -0.2) is 5.43 Å². The summed E-state index contributed by atoms with van der Waals surface area (Å²) in [7, 11) is 0. The van der Waals surface area contributed by atoms with Gasteiger partial charge in [0.05, 0.1) is 0 Å². The molecule has 5 heteroatoms. The van der Waals surface area contributed by atoms with E-state index < -0.39 is 0 Å². The van der Waals surface area contributed by atoms with Crippen LogP contribution in [0.4, 0.5) is 5.69 Å². The van der Waals surface area contributed by atoms with Crippen LogP contribution in [0.3, 0.4) is 0 Å². The van der Waals surface area contributed by atoms with Gasteiger partial charge in [-0.1, -0.05) is 24.1 Å². The van der Waals surface area contributed by atoms with Crippen LogP contribution < -0.4 is 10.7 Å². The van der Waals surface area contributed by atoms with E-state index in [4.69, 9.17) is 0 Å². The molecule has 0 spiro atoms. The molecule has 0 atom stereocenters. The molecule has 25 heavy (non-hydrogen) atoms. The van der Waals surface area contributed by atoms with Gasteiger partial charge in [-0.15, -0.1) is 0 Å². The van der Waals surface area contributed by atoms with Crippen LogP contribution in [0.15, 0.2) is 52.7 Å². The fourth-order valence-electron chi connectivity index (χ4n) is 1.95. The molecule has 1 aromatic rings. The molecule has 1 aromatic carbocycles. The van der Waals surface area contributed by atoms with Crippen LogP contribution in [0.25, 0.3) is 0 Å². The smallest absolute Gasteiger partial charge is 0.271 e. The molecule has 0 fully saturated rings. The molecule has 0 heterocycles. The Morgan fingerprint density at radius 2 is 1.80 bits per heavy atom. The molecule has 0 aliphatic rings. The Labute approximate surface area is 149 Å². The van der Waals surface area contributed by atoms with E-state index in [1.807, 2.05) is 13.0 Å². The van der Waals surface area contributed by atoms with Gasteiger partial charge < -0.3 is 5.32 Å². The number of nitrogens with one attached hydrogen (secondary N) is 2. The summed E-state index contributed by atoms with van der Waals surface area (Å²) in [5, 5.41) is 6.66. The molecule has 0 saturated heterocycles. The Bertz CT molecular complexity index is 667. The van der Waals surface area contributed by atoms with Gasteiger partial charge in [0.15, 0.2) is 0 Å². The zero-order valence-corrected chi connectivity index (χ0v) is 15.4. The SMILES string of the molecule is CCC(=O)Nc1ccc(C(=O)NN=C/C=C(\C)CCC=C(C)C)cc1. The lowest BCUT2D eigenvalue weighted by Crippen LogP contribution is -2.17. The van der Waals surface area contributed by atoms with Crippen LogP contribution in [0.5, 0.6) is 0 Å². The summed E-state index contributed by atoms with van der Waals surface area (Å²) in [5.41, 5.74) is 6.15. The van der Waals surface area contributed by atoms with Gasteiger partial charge in [-0.2, -0.15) is 5.10 Å². The van der Waals surface area contributed by atoms with E-state index in [0.717, 1.165) is 12.8 Å². The maximum absolute atomic E-state index is 12.0. The zero-order chi connectivity index (χ0) is 18.7. The largest absolute Gasteiger partial charge is 0.326 e. The molecule has 0 aromatic heterocycles. The minimum Gasteiger partial charge on any atom is -0.326 e. The predicted octanol–water partition coefficient (Wildman–Crippen LogP) is 4.44. The van der Waals surface area contributed by atoms with E-state index in [9.17, 15) is 9.59 Å². The molecule has 0 saturated carbocycles. The zero-order valence-electron chi connectivity index (χ0n) is 15.4. The van der Waals surface area contributed by atoms with Crippen molar-refractivity contribution in [1.82, 2.24) is 5.43 Å². The lowest BCUT2D eigenvalue weighted by Gasteiger charge is -2.04. The maximum atomic E-state index is 12.0. The Hall–Kier alpha value is -2.69. The first-order valence-corrected chi connectivity index (χ1v) is 8.44. The highest BCUT2D eigenvalue weighted by Gasteiger charge is 2.04. The number of allylic oxidation sites excluding steroid dienone is 4. The summed E-state index contributed by atoms with van der Waals surface area (Å²) < 4.78 is 0. The fraction of sp³-hybridized carbons (Fsp3) is 0.350. The summed E-state index contributed by atoms with van der Waals surface area (Å²) in [6.45, 7) is 7.99. The van der Waals surface area contributed by atoms with Crippen LogP contribution in [0, 0.1) is 0 Å². The van der Waals surface area contributed by atoms with Crippen molar-refractivity contribution in [2.45, 2.75) is 47.0 Å². The van der Waals surface area contributed by atoms with Gasteiger partial charge >= 0.3 is 0 Å². The van der Waals surface area contributed by atoms with E-state index in [-0.39, 0.29) is 11.8 Å². The van der Waals surface area contributed by atoms with Crippen molar-refractivity contribution in [2.24, 2.45) is 5.10 Å². The Kier molecular flexibility index (Phi) is 8.93. The molecule has 2 N–H and O–H groups in total. The standard InChI is InChI=1S/C20H27N3O2/c1-5-19(24)22-18-11-9-17(10-12-18)20(25)23-21-14-13-16(4)8-6-7-15(2)3/h7,9-14H,5-6,8H2,1-4H3,(H,22,24)(H,23,25)/b16-13+,21-14?. The number of hydrazone groups is 1. The molecule has 134 valence electrons. The molecular weight excluding hydrogens is 314 g/mol. The highest BCUT2D eigenvalue weighted by molar-refractivity contribution is 5.96. The molecule has 2 amide bonds. The number of carbonyl (C=O) groups excluding carboxylic acids is 2. The van der Waals surface area contributed by atoms with Gasteiger partial charge in [-0.3, -0.25) is 9.59 Å². The quantitative estimate of drug-likeness (QED) is 0.417. The lowest BCUT2D eigenvalue weighted by atomic mass is 10.1. The molecule has 0 radical (unpaired) electrons. The fourth-order valence-corrected chi connectivity index (χ4v) is 1.95. The van der Waals surface area contributed by atoms with E-state index >= 15 is 0 Å². The Morgan fingerprint density at radius 3 is 2.40 bits per heavy atom. The van der Waals surface area contributed by atoms with E-state index in [1.54, 1.807) is 37.4 Å². The number of anilines is 1. The molecule has 0 aliphatic carbocycles. The number of hydrogen-bond acceptors (Lipinski definition) is 3. The van der Waals surface area contributed by atoms with Crippen molar-refractivity contribution in [2.75, 3.05) is 5.32 Å².